The number of aromatic nitrogens is 3. The van der Waals surface area contributed by atoms with Crippen molar-refractivity contribution in [2.75, 3.05) is 0 Å². The van der Waals surface area contributed by atoms with Crippen molar-refractivity contribution >= 4 is 27.5 Å². The highest BCUT2D eigenvalue weighted by molar-refractivity contribution is 9.10. The first kappa shape index (κ1) is 14.5. The van der Waals surface area contributed by atoms with Crippen LogP contribution in [0.1, 0.15) is 30.8 Å². The molecule has 0 bridgehead atoms. The molecule has 0 saturated heterocycles. The molecule has 19 heavy (non-hydrogen) atoms. The minimum atomic E-state index is -0.117. The predicted molar refractivity (Wildman–Crippen MR) is 80.1 cm³/mol. The zero-order chi connectivity index (χ0) is 13.8. The van der Waals surface area contributed by atoms with E-state index >= 15 is 0 Å². The quantitative estimate of drug-likeness (QED) is 0.906. The summed E-state index contributed by atoms with van der Waals surface area (Å²) >= 11 is 9.39. The molecule has 0 saturated carbocycles. The van der Waals surface area contributed by atoms with E-state index in [0.717, 1.165) is 28.8 Å². The Bertz CT molecular complexity index is 555. The van der Waals surface area contributed by atoms with Gasteiger partial charge in [0, 0.05) is 23.5 Å². The molecule has 2 aromatic rings. The van der Waals surface area contributed by atoms with E-state index in [0.29, 0.717) is 11.4 Å². The normalized spacial score (nSPS) is 12.6. The van der Waals surface area contributed by atoms with Crippen LogP contribution in [-0.2, 0) is 13.0 Å². The van der Waals surface area contributed by atoms with Crippen LogP contribution in [0.2, 0.25) is 5.02 Å². The number of nitrogens with two attached hydrogens (primary N) is 1. The second kappa shape index (κ2) is 6.50. The van der Waals surface area contributed by atoms with Crippen LogP contribution >= 0.6 is 27.5 Å². The summed E-state index contributed by atoms with van der Waals surface area (Å²) in [7, 11) is 0. The lowest BCUT2D eigenvalue weighted by Crippen LogP contribution is -2.17. The van der Waals surface area contributed by atoms with Crippen LogP contribution in [0.3, 0.4) is 0 Å². The van der Waals surface area contributed by atoms with Crippen molar-refractivity contribution in [3.8, 4) is 0 Å². The van der Waals surface area contributed by atoms with Gasteiger partial charge in [-0.3, -0.25) is 4.68 Å². The van der Waals surface area contributed by atoms with E-state index in [-0.39, 0.29) is 6.04 Å². The zero-order valence-corrected chi connectivity index (χ0v) is 13.0. The van der Waals surface area contributed by atoms with Crippen molar-refractivity contribution < 1.29 is 0 Å². The number of hydrogen-bond donors (Lipinski definition) is 1. The zero-order valence-electron chi connectivity index (χ0n) is 10.7. The van der Waals surface area contributed by atoms with Crippen molar-refractivity contribution in [1.29, 1.82) is 0 Å². The van der Waals surface area contributed by atoms with Crippen LogP contribution in [0.25, 0.3) is 0 Å². The highest BCUT2D eigenvalue weighted by Crippen LogP contribution is 2.26. The molecule has 4 nitrogen and oxygen atoms in total. The molecule has 1 aromatic carbocycles. The summed E-state index contributed by atoms with van der Waals surface area (Å²) in [5.74, 6) is 0.917. The molecule has 0 radical (unpaired) electrons. The average molecular weight is 344 g/mol. The smallest absolute Gasteiger partial charge is 0.138 e. The van der Waals surface area contributed by atoms with Gasteiger partial charge in [-0.25, -0.2) is 4.98 Å². The molecular weight excluding hydrogens is 328 g/mol. The van der Waals surface area contributed by atoms with Gasteiger partial charge in [0.2, 0.25) is 0 Å². The molecule has 2 N–H and O–H groups in total. The summed E-state index contributed by atoms with van der Waals surface area (Å²) in [5, 5.41) is 4.89. The molecule has 0 fully saturated rings. The fraction of sp³-hybridized carbons (Fsp3) is 0.385. The highest BCUT2D eigenvalue weighted by atomic mass is 79.9. The number of benzene rings is 1. The fourth-order valence-corrected chi connectivity index (χ4v) is 2.42. The monoisotopic (exact) mass is 342 g/mol. The summed E-state index contributed by atoms with van der Waals surface area (Å²) in [4.78, 5) is 4.27. The van der Waals surface area contributed by atoms with Crippen LogP contribution in [0, 0.1) is 0 Å². The van der Waals surface area contributed by atoms with Gasteiger partial charge in [-0.1, -0.05) is 24.6 Å². The molecule has 1 heterocycles. The first-order valence-corrected chi connectivity index (χ1v) is 7.36. The minimum Gasteiger partial charge on any atom is -0.324 e. The van der Waals surface area contributed by atoms with Crippen molar-refractivity contribution in [2.45, 2.75) is 32.4 Å². The van der Waals surface area contributed by atoms with E-state index in [1.54, 1.807) is 6.33 Å². The average Bonchev–Trinajstić information content (AvgIpc) is 2.80. The van der Waals surface area contributed by atoms with Crippen molar-refractivity contribution in [3.05, 3.63) is 45.4 Å². The van der Waals surface area contributed by atoms with Crippen molar-refractivity contribution in [1.82, 2.24) is 14.8 Å². The summed E-state index contributed by atoms with van der Waals surface area (Å²) in [5.41, 5.74) is 7.26. The summed E-state index contributed by atoms with van der Waals surface area (Å²) < 4.78 is 2.77. The first-order valence-electron chi connectivity index (χ1n) is 6.19. The molecule has 2 rings (SSSR count). The van der Waals surface area contributed by atoms with Crippen LogP contribution < -0.4 is 5.73 Å². The van der Waals surface area contributed by atoms with Gasteiger partial charge in [0.15, 0.2) is 0 Å². The Morgan fingerprint density at radius 1 is 1.47 bits per heavy atom. The Morgan fingerprint density at radius 3 is 2.95 bits per heavy atom. The molecular formula is C13H16BrClN4. The van der Waals surface area contributed by atoms with Crippen LogP contribution in [0.15, 0.2) is 29.0 Å². The van der Waals surface area contributed by atoms with Gasteiger partial charge in [-0.05, 0) is 40.0 Å². The summed E-state index contributed by atoms with van der Waals surface area (Å²) in [6.07, 6.45) is 3.27. The molecule has 0 aliphatic carbocycles. The van der Waals surface area contributed by atoms with Crippen LogP contribution in [0.5, 0.6) is 0 Å². The SMILES string of the molecule is CCCn1ncnc1CC(N)c1ccc(Cl)c(Br)c1. The van der Waals surface area contributed by atoms with E-state index in [1.165, 1.54) is 0 Å². The Kier molecular flexibility index (Phi) is 4.96. The maximum absolute atomic E-state index is 6.23. The van der Waals surface area contributed by atoms with Gasteiger partial charge in [0.25, 0.3) is 0 Å². The lowest BCUT2D eigenvalue weighted by molar-refractivity contribution is 0.548. The third-order valence-electron chi connectivity index (χ3n) is 2.91. The third-order valence-corrected chi connectivity index (χ3v) is 4.12. The van der Waals surface area contributed by atoms with Gasteiger partial charge in [-0.2, -0.15) is 5.10 Å². The Balaban J connectivity index is 2.13. The molecule has 0 aliphatic heterocycles. The van der Waals surface area contributed by atoms with E-state index in [1.807, 2.05) is 22.9 Å². The van der Waals surface area contributed by atoms with Gasteiger partial charge in [0.1, 0.15) is 12.2 Å². The lowest BCUT2D eigenvalue weighted by atomic mass is 10.0. The minimum absolute atomic E-state index is 0.117. The van der Waals surface area contributed by atoms with E-state index in [2.05, 4.69) is 32.9 Å². The molecule has 0 spiro atoms. The lowest BCUT2D eigenvalue weighted by Gasteiger charge is -2.13. The van der Waals surface area contributed by atoms with E-state index < -0.39 is 0 Å². The fourth-order valence-electron chi connectivity index (χ4n) is 1.90. The Hall–Kier alpha value is -0.910. The molecule has 102 valence electrons. The maximum atomic E-state index is 6.23. The number of aryl methyl sites for hydroxylation is 1. The van der Waals surface area contributed by atoms with Gasteiger partial charge >= 0.3 is 0 Å². The predicted octanol–water partition coefficient (Wildman–Crippen LogP) is 3.35. The first-order chi connectivity index (χ1) is 9.11. The second-order valence-corrected chi connectivity index (χ2v) is 5.65. The second-order valence-electron chi connectivity index (χ2n) is 4.38. The molecule has 0 aliphatic rings. The summed E-state index contributed by atoms with van der Waals surface area (Å²) in [6.45, 7) is 2.98. The molecule has 1 aromatic heterocycles. The van der Waals surface area contributed by atoms with Crippen LogP contribution in [-0.4, -0.2) is 14.8 Å². The number of halogens is 2. The molecule has 1 atom stereocenters. The van der Waals surface area contributed by atoms with Gasteiger partial charge < -0.3 is 5.73 Å². The van der Waals surface area contributed by atoms with Crippen LogP contribution in [0.4, 0.5) is 0 Å². The van der Waals surface area contributed by atoms with E-state index in [4.69, 9.17) is 17.3 Å². The Morgan fingerprint density at radius 2 is 2.26 bits per heavy atom. The number of hydrogen-bond acceptors (Lipinski definition) is 3. The van der Waals surface area contributed by atoms with Gasteiger partial charge in [-0.15, -0.1) is 0 Å². The third kappa shape index (κ3) is 3.55. The molecule has 6 heteroatoms. The van der Waals surface area contributed by atoms with E-state index in [9.17, 15) is 0 Å². The molecule has 1 unspecified atom stereocenters. The standard InChI is InChI=1S/C13H16BrClN4/c1-2-5-19-13(17-8-18-19)7-12(16)9-3-4-11(15)10(14)6-9/h3-4,6,8,12H,2,5,7,16H2,1H3. The number of nitrogens with zero attached hydrogens (tertiary/aromatic N) is 3. The molecule has 0 amide bonds. The Labute approximate surface area is 126 Å². The summed E-state index contributed by atoms with van der Waals surface area (Å²) in [6, 6.07) is 5.62. The van der Waals surface area contributed by atoms with Gasteiger partial charge in [0.05, 0.1) is 5.02 Å². The largest absolute Gasteiger partial charge is 0.324 e. The maximum Gasteiger partial charge on any atom is 0.138 e. The van der Waals surface area contributed by atoms with Crippen molar-refractivity contribution in [3.63, 3.8) is 0 Å². The topological polar surface area (TPSA) is 56.7 Å². The highest BCUT2D eigenvalue weighted by Gasteiger charge is 2.13. The van der Waals surface area contributed by atoms with Crippen molar-refractivity contribution in [2.24, 2.45) is 5.73 Å². The number of rotatable bonds is 5.